The molecule has 110 valence electrons. The average Bonchev–Trinajstić information content (AvgIpc) is 2.89. The lowest BCUT2D eigenvalue weighted by Gasteiger charge is -2.08. The van der Waals surface area contributed by atoms with Crippen LogP contribution in [0.5, 0.6) is 0 Å². The number of benzene rings is 1. The third kappa shape index (κ3) is 2.88. The number of para-hydroxylation sites is 1. The fraction of sp³-hybridized carbons (Fsp3) is 0.118. The van der Waals surface area contributed by atoms with Crippen LogP contribution in [0.3, 0.4) is 0 Å². The number of aryl methyl sites for hydroxylation is 2. The molecule has 0 fully saturated rings. The molecule has 2 aromatic heterocycles. The zero-order valence-corrected chi connectivity index (χ0v) is 12.4. The Morgan fingerprint density at radius 1 is 1.05 bits per heavy atom. The highest BCUT2D eigenvalue weighted by Gasteiger charge is 2.12. The van der Waals surface area contributed by atoms with Gasteiger partial charge in [0, 0.05) is 18.0 Å². The van der Waals surface area contributed by atoms with Crippen LogP contribution in [-0.2, 0) is 0 Å². The number of anilines is 1. The van der Waals surface area contributed by atoms with E-state index in [4.69, 9.17) is 0 Å². The minimum atomic E-state index is -0.204. The summed E-state index contributed by atoms with van der Waals surface area (Å²) in [6.07, 6.45) is 1.57. The second kappa shape index (κ2) is 5.81. The molecule has 2 heterocycles. The number of carbonyl (C=O) groups is 1. The van der Waals surface area contributed by atoms with Crippen LogP contribution in [0.15, 0.2) is 54.7 Å². The summed E-state index contributed by atoms with van der Waals surface area (Å²) in [6, 6.07) is 15.1. The van der Waals surface area contributed by atoms with Crippen molar-refractivity contribution in [3.63, 3.8) is 0 Å². The van der Waals surface area contributed by atoms with Crippen molar-refractivity contribution in [1.29, 1.82) is 0 Å². The van der Waals surface area contributed by atoms with Crippen molar-refractivity contribution in [3.05, 3.63) is 71.7 Å². The highest BCUT2D eigenvalue weighted by molar-refractivity contribution is 6.03. The van der Waals surface area contributed by atoms with Crippen LogP contribution in [0.4, 0.5) is 5.82 Å². The first-order valence-corrected chi connectivity index (χ1v) is 6.99. The molecule has 0 saturated heterocycles. The van der Waals surface area contributed by atoms with Crippen LogP contribution < -0.4 is 5.32 Å². The lowest BCUT2D eigenvalue weighted by atomic mass is 10.2. The van der Waals surface area contributed by atoms with Gasteiger partial charge in [-0.3, -0.25) is 9.78 Å². The first-order chi connectivity index (χ1) is 10.6. The molecule has 3 aromatic rings. The molecular formula is C17H16N4O. The van der Waals surface area contributed by atoms with Gasteiger partial charge >= 0.3 is 0 Å². The Labute approximate surface area is 128 Å². The Bertz CT molecular complexity index is 791. The Hall–Kier alpha value is -2.95. The Morgan fingerprint density at radius 2 is 1.82 bits per heavy atom. The lowest BCUT2D eigenvalue weighted by molar-refractivity contribution is 0.102. The van der Waals surface area contributed by atoms with Gasteiger partial charge in [0.1, 0.15) is 5.82 Å². The molecule has 5 nitrogen and oxygen atoms in total. The van der Waals surface area contributed by atoms with Crippen LogP contribution in [0.25, 0.3) is 5.69 Å². The van der Waals surface area contributed by atoms with Gasteiger partial charge in [-0.2, -0.15) is 5.10 Å². The summed E-state index contributed by atoms with van der Waals surface area (Å²) in [7, 11) is 0. The highest BCUT2D eigenvalue weighted by Crippen LogP contribution is 2.17. The maximum Gasteiger partial charge on any atom is 0.258 e. The van der Waals surface area contributed by atoms with Crippen LogP contribution in [-0.4, -0.2) is 20.7 Å². The lowest BCUT2D eigenvalue weighted by Crippen LogP contribution is -2.15. The predicted octanol–water partition coefficient (Wildman–Crippen LogP) is 3.14. The monoisotopic (exact) mass is 292 g/mol. The number of hydrogen-bond acceptors (Lipinski definition) is 3. The molecule has 0 aliphatic carbocycles. The van der Waals surface area contributed by atoms with Crippen LogP contribution in [0, 0.1) is 13.8 Å². The Balaban J connectivity index is 1.90. The second-order valence-electron chi connectivity index (χ2n) is 5.06. The first-order valence-electron chi connectivity index (χ1n) is 6.99. The Kier molecular flexibility index (Phi) is 3.70. The van der Waals surface area contributed by atoms with E-state index in [0.717, 1.165) is 17.1 Å². The van der Waals surface area contributed by atoms with E-state index >= 15 is 0 Å². The number of rotatable bonds is 3. The first kappa shape index (κ1) is 14.0. The maximum absolute atomic E-state index is 12.3. The third-order valence-corrected chi connectivity index (χ3v) is 3.25. The summed E-state index contributed by atoms with van der Waals surface area (Å²) in [5, 5.41) is 7.32. The summed E-state index contributed by atoms with van der Waals surface area (Å²) in [5.41, 5.74) is 3.12. The van der Waals surface area contributed by atoms with Gasteiger partial charge in [0.05, 0.1) is 16.9 Å². The average molecular weight is 292 g/mol. The van der Waals surface area contributed by atoms with Crippen molar-refractivity contribution in [2.24, 2.45) is 0 Å². The number of aromatic nitrogens is 3. The summed E-state index contributed by atoms with van der Waals surface area (Å²) in [5.74, 6) is 0.429. The van der Waals surface area contributed by atoms with Crippen molar-refractivity contribution >= 4 is 11.7 Å². The van der Waals surface area contributed by atoms with Crippen LogP contribution in [0.1, 0.15) is 21.7 Å². The van der Waals surface area contributed by atoms with Crippen LogP contribution >= 0.6 is 0 Å². The molecular weight excluding hydrogens is 276 g/mol. The molecule has 0 atom stereocenters. The van der Waals surface area contributed by atoms with Crippen molar-refractivity contribution in [2.75, 3.05) is 5.32 Å². The van der Waals surface area contributed by atoms with Crippen molar-refractivity contribution in [3.8, 4) is 5.69 Å². The molecule has 1 aromatic carbocycles. The smallest absolute Gasteiger partial charge is 0.258 e. The van der Waals surface area contributed by atoms with E-state index in [0.29, 0.717) is 11.4 Å². The Morgan fingerprint density at radius 3 is 2.50 bits per heavy atom. The summed E-state index contributed by atoms with van der Waals surface area (Å²) >= 11 is 0. The van der Waals surface area contributed by atoms with E-state index < -0.39 is 0 Å². The van der Waals surface area contributed by atoms with Crippen LogP contribution in [0.2, 0.25) is 0 Å². The molecule has 3 rings (SSSR count). The minimum absolute atomic E-state index is 0.204. The normalized spacial score (nSPS) is 10.5. The van der Waals surface area contributed by atoms with E-state index in [1.165, 1.54) is 0 Å². The van der Waals surface area contributed by atoms with Gasteiger partial charge in [-0.05, 0) is 38.1 Å². The molecule has 5 heteroatoms. The molecule has 1 N–H and O–H groups in total. The SMILES string of the molecule is Cc1ccc(C(=O)Nc2cc(C)nn2-c2ccccc2)cn1. The quantitative estimate of drug-likeness (QED) is 0.806. The van der Waals surface area contributed by atoms with E-state index in [1.54, 1.807) is 16.9 Å². The zero-order valence-electron chi connectivity index (χ0n) is 12.4. The van der Waals surface area contributed by atoms with Gasteiger partial charge in [-0.15, -0.1) is 0 Å². The van der Waals surface area contributed by atoms with Gasteiger partial charge in [0.15, 0.2) is 0 Å². The molecule has 0 aliphatic heterocycles. The number of pyridine rings is 1. The molecule has 0 spiro atoms. The third-order valence-electron chi connectivity index (χ3n) is 3.25. The molecule has 0 radical (unpaired) electrons. The van der Waals surface area contributed by atoms with E-state index in [9.17, 15) is 4.79 Å². The summed E-state index contributed by atoms with van der Waals surface area (Å²) in [4.78, 5) is 16.5. The second-order valence-corrected chi connectivity index (χ2v) is 5.06. The van der Waals surface area contributed by atoms with Crippen molar-refractivity contribution < 1.29 is 4.79 Å². The van der Waals surface area contributed by atoms with E-state index in [-0.39, 0.29) is 5.91 Å². The van der Waals surface area contributed by atoms with Crippen molar-refractivity contribution in [2.45, 2.75) is 13.8 Å². The van der Waals surface area contributed by atoms with Gasteiger partial charge in [0.2, 0.25) is 0 Å². The minimum Gasteiger partial charge on any atom is -0.306 e. The molecule has 22 heavy (non-hydrogen) atoms. The van der Waals surface area contributed by atoms with Crippen molar-refractivity contribution in [1.82, 2.24) is 14.8 Å². The van der Waals surface area contributed by atoms with E-state index in [2.05, 4.69) is 15.4 Å². The number of amides is 1. The molecule has 1 amide bonds. The summed E-state index contributed by atoms with van der Waals surface area (Å²) < 4.78 is 1.72. The van der Waals surface area contributed by atoms with E-state index in [1.807, 2.05) is 56.3 Å². The fourth-order valence-electron chi connectivity index (χ4n) is 2.15. The zero-order chi connectivity index (χ0) is 15.5. The van der Waals surface area contributed by atoms with Gasteiger partial charge < -0.3 is 5.32 Å². The molecule has 0 unspecified atom stereocenters. The maximum atomic E-state index is 12.3. The molecule has 0 bridgehead atoms. The molecule has 0 aliphatic rings. The number of nitrogens with zero attached hydrogens (tertiary/aromatic N) is 3. The van der Waals surface area contributed by atoms with Gasteiger partial charge in [-0.1, -0.05) is 18.2 Å². The topological polar surface area (TPSA) is 59.8 Å². The summed E-state index contributed by atoms with van der Waals surface area (Å²) in [6.45, 7) is 3.78. The molecule has 0 saturated carbocycles. The number of carbonyl (C=O) groups excluding carboxylic acids is 1. The van der Waals surface area contributed by atoms with Gasteiger partial charge in [0.25, 0.3) is 5.91 Å². The number of nitrogens with one attached hydrogen (secondary N) is 1. The van der Waals surface area contributed by atoms with Gasteiger partial charge in [-0.25, -0.2) is 4.68 Å². The fourth-order valence-corrected chi connectivity index (χ4v) is 2.15. The standard InChI is InChI=1S/C17H16N4O/c1-12-8-9-14(11-18-12)17(22)19-16-10-13(2)20-21(16)15-6-4-3-5-7-15/h3-11H,1-2H3,(H,19,22). The highest BCUT2D eigenvalue weighted by atomic mass is 16.1. The largest absolute Gasteiger partial charge is 0.306 e. The number of hydrogen-bond donors (Lipinski definition) is 1. The predicted molar refractivity (Wildman–Crippen MR) is 85.2 cm³/mol.